The van der Waals surface area contributed by atoms with Gasteiger partial charge in [-0.15, -0.1) is 0 Å². The van der Waals surface area contributed by atoms with Crippen LogP contribution in [-0.2, 0) is 0 Å². The summed E-state index contributed by atoms with van der Waals surface area (Å²) in [6.45, 7) is 5.38. The standard InChI is InChI=1S/C17H16F2N2O5/c1-17(2,3)20-16(22)26-11-6-4-10(5-7-11)25-15-9-12(18)14(21(23)24)8-13(15)19/h4-9H,1-3H3,(H,20,22). The van der Waals surface area contributed by atoms with Crippen molar-refractivity contribution in [2.75, 3.05) is 0 Å². The van der Waals surface area contributed by atoms with Gasteiger partial charge in [0.05, 0.1) is 11.0 Å². The average molecular weight is 366 g/mol. The normalized spacial score (nSPS) is 11.0. The molecule has 2 rings (SSSR count). The van der Waals surface area contributed by atoms with Crippen LogP contribution in [0.1, 0.15) is 20.8 Å². The van der Waals surface area contributed by atoms with Crippen LogP contribution < -0.4 is 14.8 Å². The molecule has 9 heteroatoms. The van der Waals surface area contributed by atoms with Gasteiger partial charge in [0.25, 0.3) is 0 Å². The molecule has 0 aliphatic carbocycles. The second-order valence-electron chi connectivity index (χ2n) is 6.33. The third kappa shape index (κ3) is 5.13. The lowest BCUT2D eigenvalue weighted by Gasteiger charge is -2.19. The highest BCUT2D eigenvalue weighted by Crippen LogP contribution is 2.30. The van der Waals surface area contributed by atoms with Crippen molar-refractivity contribution in [1.82, 2.24) is 5.32 Å². The maximum absolute atomic E-state index is 13.8. The number of nitrogens with one attached hydrogen (secondary N) is 1. The summed E-state index contributed by atoms with van der Waals surface area (Å²) in [5.74, 6) is -2.46. The van der Waals surface area contributed by atoms with E-state index in [9.17, 15) is 23.7 Å². The van der Waals surface area contributed by atoms with E-state index in [2.05, 4.69) is 5.32 Å². The molecule has 0 radical (unpaired) electrons. The van der Waals surface area contributed by atoms with Crippen molar-refractivity contribution in [3.63, 3.8) is 0 Å². The Labute approximate surface area is 147 Å². The molecular formula is C17H16F2N2O5. The molecule has 0 spiro atoms. The van der Waals surface area contributed by atoms with E-state index in [0.717, 1.165) is 0 Å². The molecule has 0 fully saturated rings. The molecule has 0 saturated heterocycles. The predicted molar refractivity (Wildman–Crippen MR) is 88.4 cm³/mol. The van der Waals surface area contributed by atoms with E-state index in [4.69, 9.17) is 9.47 Å². The first-order chi connectivity index (χ1) is 12.0. The summed E-state index contributed by atoms with van der Waals surface area (Å²) < 4.78 is 37.6. The molecule has 0 saturated carbocycles. The van der Waals surface area contributed by atoms with Gasteiger partial charge in [0.1, 0.15) is 11.5 Å². The zero-order valence-corrected chi connectivity index (χ0v) is 14.2. The molecule has 26 heavy (non-hydrogen) atoms. The number of nitro groups is 1. The molecule has 7 nitrogen and oxygen atoms in total. The molecule has 2 aromatic rings. The molecule has 0 unspecified atom stereocenters. The first kappa shape index (κ1) is 19.1. The molecule has 0 atom stereocenters. The molecule has 0 heterocycles. The smallest absolute Gasteiger partial charge is 0.413 e. The number of nitro benzene ring substituents is 1. The number of ether oxygens (including phenoxy) is 2. The molecule has 0 aliphatic heterocycles. The summed E-state index contributed by atoms with van der Waals surface area (Å²) in [6, 6.07) is 6.58. The van der Waals surface area contributed by atoms with E-state index >= 15 is 0 Å². The summed E-state index contributed by atoms with van der Waals surface area (Å²) >= 11 is 0. The van der Waals surface area contributed by atoms with Crippen LogP contribution in [0, 0.1) is 21.7 Å². The molecular weight excluding hydrogens is 350 g/mol. The Balaban J connectivity index is 2.09. The van der Waals surface area contributed by atoms with E-state index in [0.29, 0.717) is 12.1 Å². The number of amides is 1. The van der Waals surface area contributed by atoms with Crippen LogP contribution in [0.3, 0.4) is 0 Å². The van der Waals surface area contributed by atoms with Crippen molar-refractivity contribution in [2.24, 2.45) is 0 Å². The number of benzene rings is 2. The van der Waals surface area contributed by atoms with Crippen molar-refractivity contribution in [3.8, 4) is 17.2 Å². The SMILES string of the molecule is CC(C)(C)NC(=O)Oc1ccc(Oc2cc(F)c([N+](=O)[O-])cc2F)cc1. The number of hydrogen-bond acceptors (Lipinski definition) is 5. The van der Waals surface area contributed by atoms with Crippen LogP contribution in [0.2, 0.25) is 0 Å². The fraction of sp³-hybridized carbons (Fsp3) is 0.235. The lowest BCUT2D eigenvalue weighted by molar-refractivity contribution is -0.387. The number of nitrogens with zero attached hydrogens (tertiary/aromatic N) is 1. The highest BCUT2D eigenvalue weighted by atomic mass is 19.1. The van der Waals surface area contributed by atoms with Crippen LogP contribution in [-0.4, -0.2) is 16.6 Å². The van der Waals surface area contributed by atoms with E-state index in [-0.39, 0.29) is 11.5 Å². The summed E-state index contributed by atoms with van der Waals surface area (Å²) in [5.41, 5.74) is -1.44. The Morgan fingerprint density at radius 3 is 2.19 bits per heavy atom. The minimum absolute atomic E-state index is 0.126. The van der Waals surface area contributed by atoms with Crippen LogP contribution in [0.25, 0.3) is 0 Å². The first-order valence-electron chi connectivity index (χ1n) is 7.46. The van der Waals surface area contributed by atoms with Crippen LogP contribution in [0.5, 0.6) is 17.2 Å². The second-order valence-corrected chi connectivity index (χ2v) is 6.33. The lowest BCUT2D eigenvalue weighted by Crippen LogP contribution is -2.42. The zero-order chi connectivity index (χ0) is 19.5. The topological polar surface area (TPSA) is 90.7 Å². The molecule has 0 aromatic heterocycles. The third-order valence-electron chi connectivity index (χ3n) is 2.94. The van der Waals surface area contributed by atoms with E-state index in [1.54, 1.807) is 20.8 Å². The Bertz CT molecular complexity index is 832. The summed E-state index contributed by atoms with van der Waals surface area (Å²) in [7, 11) is 0. The fourth-order valence-electron chi connectivity index (χ4n) is 1.88. The summed E-state index contributed by atoms with van der Waals surface area (Å²) in [4.78, 5) is 21.2. The van der Waals surface area contributed by atoms with Crippen LogP contribution in [0.15, 0.2) is 36.4 Å². The number of rotatable bonds is 4. The third-order valence-corrected chi connectivity index (χ3v) is 2.94. The Kier molecular flexibility index (Phi) is 5.39. The van der Waals surface area contributed by atoms with Gasteiger partial charge >= 0.3 is 11.8 Å². The Morgan fingerprint density at radius 1 is 1.08 bits per heavy atom. The summed E-state index contributed by atoms with van der Waals surface area (Å²) in [5, 5.41) is 13.2. The molecule has 1 amide bonds. The summed E-state index contributed by atoms with van der Waals surface area (Å²) in [6.07, 6.45) is -0.644. The van der Waals surface area contributed by atoms with Crippen molar-refractivity contribution >= 4 is 11.8 Å². The second kappa shape index (κ2) is 7.34. The molecule has 1 N–H and O–H groups in total. The van der Waals surface area contributed by atoms with E-state index in [1.165, 1.54) is 24.3 Å². The van der Waals surface area contributed by atoms with Crippen molar-refractivity contribution in [2.45, 2.75) is 26.3 Å². The number of hydrogen-bond donors (Lipinski definition) is 1. The van der Waals surface area contributed by atoms with Crippen LogP contribution >= 0.6 is 0 Å². The minimum Gasteiger partial charge on any atom is -0.454 e. The predicted octanol–water partition coefficient (Wildman–Crippen LogP) is 4.55. The number of halogens is 2. The zero-order valence-electron chi connectivity index (χ0n) is 14.2. The van der Waals surface area contributed by atoms with E-state index < -0.39 is 39.6 Å². The van der Waals surface area contributed by atoms with Crippen molar-refractivity contribution < 1.29 is 28.0 Å². The van der Waals surface area contributed by atoms with Gasteiger partial charge in [0.15, 0.2) is 11.6 Å². The van der Waals surface area contributed by atoms with Crippen LogP contribution in [0.4, 0.5) is 19.3 Å². The average Bonchev–Trinajstić information content (AvgIpc) is 2.50. The first-order valence-corrected chi connectivity index (χ1v) is 7.46. The van der Waals surface area contributed by atoms with E-state index in [1.807, 2.05) is 0 Å². The fourth-order valence-corrected chi connectivity index (χ4v) is 1.88. The largest absolute Gasteiger partial charge is 0.454 e. The lowest BCUT2D eigenvalue weighted by atomic mass is 10.1. The van der Waals surface area contributed by atoms with Crippen molar-refractivity contribution in [1.29, 1.82) is 0 Å². The van der Waals surface area contributed by atoms with Crippen molar-refractivity contribution in [3.05, 3.63) is 58.1 Å². The molecule has 2 aromatic carbocycles. The van der Waals surface area contributed by atoms with Gasteiger partial charge in [-0.05, 0) is 45.0 Å². The Morgan fingerprint density at radius 2 is 1.65 bits per heavy atom. The van der Waals surface area contributed by atoms with Gasteiger partial charge in [-0.1, -0.05) is 0 Å². The van der Waals surface area contributed by atoms with Gasteiger partial charge in [-0.2, -0.15) is 4.39 Å². The maximum Gasteiger partial charge on any atom is 0.413 e. The highest BCUT2D eigenvalue weighted by Gasteiger charge is 2.20. The Hall–Kier alpha value is -3.23. The van der Waals surface area contributed by atoms with Gasteiger partial charge < -0.3 is 14.8 Å². The molecule has 0 bridgehead atoms. The quantitative estimate of drug-likeness (QED) is 0.633. The number of carbonyl (C=O) groups excluding carboxylic acids is 1. The van der Waals surface area contributed by atoms with Gasteiger partial charge in [0, 0.05) is 11.6 Å². The minimum atomic E-state index is -1.22. The molecule has 138 valence electrons. The monoisotopic (exact) mass is 366 g/mol. The highest BCUT2D eigenvalue weighted by molar-refractivity contribution is 5.71. The van der Waals surface area contributed by atoms with Gasteiger partial charge in [-0.3, -0.25) is 10.1 Å². The van der Waals surface area contributed by atoms with Gasteiger partial charge in [0.2, 0.25) is 5.82 Å². The molecule has 0 aliphatic rings. The van der Waals surface area contributed by atoms with Gasteiger partial charge in [-0.25, -0.2) is 9.18 Å². The number of carbonyl (C=O) groups is 1. The maximum atomic E-state index is 13.8.